The van der Waals surface area contributed by atoms with Gasteiger partial charge in [-0.15, -0.1) is 11.3 Å². The molecule has 0 fully saturated rings. The van der Waals surface area contributed by atoms with Crippen LogP contribution in [0.15, 0.2) is 34.9 Å². The maximum absolute atomic E-state index is 11.9. The molecular weight excluding hydrogens is 230 g/mol. The Bertz CT molecular complexity index is 470. The Morgan fingerprint density at radius 3 is 2.93 bits per heavy atom. The fourth-order valence-electron chi connectivity index (χ4n) is 1.10. The van der Waals surface area contributed by atoms with Gasteiger partial charge < -0.3 is 5.73 Å². The van der Waals surface area contributed by atoms with E-state index < -0.39 is 10.8 Å². The summed E-state index contributed by atoms with van der Waals surface area (Å²) in [5, 5.41) is 3.12. The van der Waals surface area contributed by atoms with E-state index in [1.54, 1.807) is 24.5 Å². The van der Waals surface area contributed by atoms with Gasteiger partial charge in [-0.25, -0.2) is 9.97 Å². The molecular formula is C9H9N3OS2. The van der Waals surface area contributed by atoms with Gasteiger partial charge in [0.05, 0.1) is 22.2 Å². The number of pyridine rings is 1. The summed E-state index contributed by atoms with van der Waals surface area (Å²) in [5.74, 6) is 0.374. The van der Waals surface area contributed by atoms with Gasteiger partial charge in [0, 0.05) is 17.8 Å². The highest BCUT2D eigenvalue weighted by Crippen LogP contribution is 2.16. The third-order valence-corrected chi connectivity index (χ3v) is 4.02. The third-order valence-electron chi connectivity index (χ3n) is 1.75. The summed E-state index contributed by atoms with van der Waals surface area (Å²) in [6.45, 7) is 0. The van der Waals surface area contributed by atoms with Gasteiger partial charge in [0.2, 0.25) is 0 Å². The molecule has 0 aliphatic heterocycles. The number of nitrogens with zero attached hydrogens (tertiary/aromatic N) is 2. The highest BCUT2D eigenvalue weighted by atomic mass is 32.2. The molecule has 0 radical (unpaired) electrons. The second kappa shape index (κ2) is 4.50. The standard InChI is InChI=1S/C9H9N3OS2/c10-7-2-1-3-12-9(7)15(13)6-8-11-4-5-14-8/h1-5H,6,10H2. The maximum Gasteiger partial charge on any atom is 0.150 e. The SMILES string of the molecule is Nc1cccnc1S(=O)Cc1nccs1. The van der Waals surface area contributed by atoms with Crippen LogP contribution in [-0.2, 0) is 16.6 Å². The topological polar surface area (TPSA) is 68.9 Å². The smallest absolute Gasteiger partial charge is 0.150 e. The number of hydrogen-bond acceptors (Lipinski definition) is 5. The quantitative estimate of drug-likeness (QED) is 0.879. The molecule has 2 aromatic heterocycles. The van der Waals surface area contributed by atoms with Crippen molar-refractivity contribution >= 4 is 27.8 Å². The first-order valence-corrected chi connectivity index (χ1v) is 6.44. The van der Waals surface area contributed by atoms with E-state index >= 15 is 0 Å². The van der Waals surface area contributed by atoms with Crippen molar-refractivity contribution < 1.29 is 4.21 Å². The van der Waals surface area contributed by atoms with Crippen molar-refractivity contribution in [3.05, 3.63) is 34.9 Å². The van der Waals surface area contributed by atoms with E-state index in [0.29, 0.717) is 16.5 Å². The predicted molar refractivity (Wildman–Crippen MR) is 60.9 cm³/mol. The van der Waals surface area contributed by atoms with E-state index in [-0.39, 0.29) is 0 Å². The van der Waals surface area contributed by atoms with Crippen molar-refractivity contribution in [1.29, 1.82) is 0 Å². The molecule has 0 amide bonds. The van der Waals surface area contributed by atoms with Crippen LogP contribution in [0.4, 0.5) is 5.69 Å². The summed E-state index contributed by atoms with van der Waals surface area (Å²) in [6.07, 6.45) is 3.28. The zero-order valence-electron chi connectivity index (χ0n) is 7.79. The summed E-state index contributed by atoms with van der Waals surface area (Å²) in [7, 11) is -1.21. The van der Waals surface area contributed by atoms with Gasteiger partial charge in [0.25, 0.3) is 0 Å². The first kappa shape index (κ1) is 10.3. The van der Waals surface area contributed by atoms with Crippen LogP contribution in [0, 0.1) is 0 Å². The molecule has 4 nitrogen and oxygen atoms in total. The van der Waals surface area contributed by atoms with Crippen LogP contribution in [0.1, 0.15) is 5.01 Å². The first-order chi connectivity index (χ1) is 7.27. The molecule has 0 aromatic carbocycles. The lowest BCUT2D eigenvalue weighted by Gasteiger charge is -2.01. The number of anilines is 1. The first-order valence-electron chi connectivity index (χ1n) is 4.24. The molecule has 2 N–H and O–H groups in total. The molecule has 15 heavy (non-hydrogen) atoms. The second-order valence-electron chi connectivity index (χ2n) is 2.81. The monoisotopic (exact) mass is 239 g/mol. The summed E-state index contributed by atoms with van der Waals surface area (Å²) >= 11 is 1.48. The Kier molecular flexibility index (Phi) is 3.08. The molecule has 2 aromatic rings. The average molecular weight is 239 g/mol. The summed E-state index contributed by atoms with van der Waals surface area (Å²) in [5.41, 5.74) is 6.14. The van der Waals surface area contributed by atoms with Gasteiger partial charge in [0.15, 0.2) is 0 Å². The maximum atomic E-state index is 11.9. The van der Waals surface area contributed by atoms with Gasteiger partial charge in [-0.2, -0.15) is 0 Å². The molecule has 0 aliphatic rings. The number of aromatic nitrogens is 2. The van der Waals surface area contributed by atoms with Crippen molar-refractivity contribution in [2.24, 2.45) is 0 Å². The summed E-state index contributed by atoms with van der Waals surface area (Å²) < 4.78 is 11.9. The third kappa shape index (κ3) is 2.40. The van der Waals surface area contributed by atoms with E-state index in [2.05, 4.69) is 9.97 Å². The van der Waals surface area contributed by atoms with Gasteiger partial charge in [-0.05, 0) is 12.1 Å². The van der Waals surface area contributed by atoms with Crippen LogP contribution in [0.25, 0.3) is 0 Å². The van der Waals surface area contributed by atoms with Gasteiger partial charge in [-0.1, -0.05) is 0 Å². The minimum Gasteiger partial charge on any atom is -0.396 e. The molecule has 6 heteroatoms. The predicted octanol–water partition coefficient (Wildman–Crippen LogP) is 1.43. The van der Waals surface area contributed by atoms with Crippen molar-refractivity contribution in [1.82, 2.24) is 9.97 Å². The number of rotatable bonds is 3. The van der Waals surface area contributed by atoms with E-state index in [4.69, 9.17) is 5.73 Å². The zero-order valence-corrected chi connectivity index (χ0v) is 9.42. The van der Waals surface area contributed by atoms with E-state index in [0.717, 1.165) is 5.01 Å². The lowest BCUT2D eigenvalue weighted by molar-refractivity contribution is 0.680. The largest absolute Gasteiger partial charge is 0.396 e. The fourth-order valence-corrected chi connectivity index (χ4v) is 3.04. The van der Waals surface area contributed by atoms with E-state index in [9.17, 15) is 4.21 Å². The van der Waals surface area contributed by atoms with E-state index in [1.165, 1.54) is 11.3 Å². The Morgan fingerprint density at radius 1 is 1.40 bits per heavy atom. The highest BCUT2D eigenvalue weighted by Gasteiger charge is 2.10. The second-order valence-corrected chi connectivity index (χ2v) is 5.16. The van der Waals surface area contributed by atoms with Crippen LogP contribution in [0.3, 0.4) is 0 Å². The Morgan fingerprint density at radius 2 is 2.27 bits per heavy atom. The molecule has 0 bridgehead atoms. The molecule has 1 atom stereocenters. The van der Waals surface area contributed by atoms with Crippen LogP contribution in [0.2, 0.25) is 0 Å². The molecule has 78 valence electrons. The molecule has 0 saturated carbocycles. The van der Waals surface area contributed by atoms with Crippen LogP contribution < -0.4 is 5.73 Å². The Labute approximate surface area is 93.6 Å². The van der Waals surface area contributed by atoms with Crippen LogP contribution >= 0.6 is 11.3 Å². The van der Waals surface area contributed by atoms with Crippen molar-refractivity contribution in [2.45, 2.75) is 10.8 Å². The Balaban J connectivity index is 2.19. The molecule has 1 unspecified atom stereocenters. The molecule has 2 heterocycles. The number of nitrogen functional groups attached to an aromatic ring is 1. The van der Waals surface area contributed by atoms with Gasteiger partial charge in [-0.3, -0.25) is 4.21 Å². The lowest BCUT2D eigenvalue weighted by Crippen LogP contribution is -2.02. The van der Waals surface area contributed by atoms with Crippen molar-refractivity contribution in [3.8, 4) is 0 Å². The summed E-state index contributed by atoms with van der Waals surface area (Å²) in [6, 6.07) is 3.42. The van der Waals surface area contributed by atoms with Crippen molar-refractivity contribution in [3.63, 3.8) is 0 Å². The van der Waals surface area contributed by atoms with Crippen LogP contribution in [-0.4, -0.2) is 14.2 Å². The lowest BCUT2D eigenvalue weighted by atomic mass is 10.4. The minimum absolute atomic E-state index is 0.374. The molecule has 0 spiro atoms. The Hall–Kier alpha value is -1.27. The number of nitrogens with two attached hydrogens (primary N) is 1. The normalized spacial score (nSPS) is 12.5. The zero-order chi connectivity index (χ0) is 10.7. The van der Waals surface area contributed by atoms with E-state index in [1.807, 2.05) is 5.38 Å². The van der Waals surface area contributed by atoms with Crippen LogP contribution in [0.5, 0.6) is 0 Å². The number of thiazole rings is 1. The fraction of sp³-hybridized carbons (Fsp3) is 0.111. The highest BCUT2D eigenvalue weighted by molar-refractivity contribution is 7.84. The van der Waals surface area contributed by atoms with Crippen molar-refractivity contribution in [2.75, 3.05) is 5.73 Å². The molecule has 2 rings (SSSR count). The van der Waals surface area contributed by atoms with Gasteiger partial charge in [0.1, 0.15) is 10.0 Å². The molecule has 0 saturated heterocycles. The summed E-state index contributed by atoms with van der Waals surface area (Å²) in [4.78, 5) is 8.08. The van der Waals surface area contributed by atoms with Gasteiger partial charge >= 0.3 is 0 Å². The average Bonchev–Trinajstić information content (AvgIpc) is 2.71. The molecule has 0 aliphatic carbocycles. The number of hydrogen-bond donors (Lipinski definition) is 1. The minimum atomic E-state index is -1.21.